The summed E-state index contributed by atoms with van der Waals surface area (Å²) >= 11 is 6.24. The largest absolute Gasteiger partial charge is 0.497 e. The molecule has 4 rings (SSSR count). The molecule has 0 spiro atoms. The summed E-state index contributed by atoms with van der Waals surface area (Å²) in [6.45, 7) is 3.77. The van der Waals surface area contributed by atoms with Crippen LogP contribution in [0.15, 0.2) is 71.4 Å². The van der Waals surface area contributed by atoms with Gasteiger partial charge in [0.1, 0.15) is 22.2 Å². The van der Waals surface area contributed by atoms with Crippen LogP contribution < -0.4 is 25.0 Å². The average Bonchev–Trinajstić information content (AvgIpc) is 3.06. The number of carbonyl (C=O) groups is 3. The second kappa shape index (κ2) is 10.1. The van der Waals surface area contributed by atoms with Crippen molar-refractivity contribution < 1.29 is 23.9 Å². The molecule has 184 valence electrons. The minimum absolute atomic E-state index is 0.0286. The highest BCUT2D eigenvalue weighted by Crippen LogP contribution is 2.32. The van der Waals surface area contributed by atoms with Gasteiger partial charge in [-0.25, -0.2) is 4.90 Å². The fraction of sp³-hybridized carbons (Fsp3) is 0.148. The first-order valence-electron chi connectivity index (χ1n) is 11.0. The smallest absolute Gasteiger partial charge is 0.283 e. The molecule has 3 amide bonds. The molecule has 2 N–H and O–H groups in total. The average molecular weight is 506 g/mol. The number of halogens is 1. The van der Waals surface area contributed by atoms with E-state index in [4.69, 9.17) is 21.1 Å². The van der Waals surface area contributed by atoms with Crippen LogP contribution in [0.2, 0.25) is 0 Å². The van der Waals surface area contributed by atoms with Crippen LogP contribution in [0.25, 0.3) is 0 Å². The monoisotopic (exact) mass is 505 g/mol. The minimum atomic E-state index is -0.600. The van der Waals surface area contributed by atoms with Crippen molar-refractivity contribution in [2.75, 3.05) is 29.8 Å². The predicted octanol–water partition coefficient (Wildman–Crippen LogP) is 5.01. The van der Waals surface area contributed by atoms with E-state index in [9.17, 15) is 14.4 Å². The zero-order chi connectivity index (χ0) is 26.0. The summed E-state index contributed by atoms with van der Waals surface area (Å²) in [6.07, 6.45) is 0. The van der Waals surface area contributed by atoms with Gasteiger partial charge >= 0.3 is 0 Å². The van der Waals surface area contributed by atoms with E-state index in [1.807, 2.05) is 19.9 Å². The molecule has 8 nitrogen and oxygen atoms in total. The van der Waals surface area contributed by atoms with Gasteiger partial charge in [-0.3, -0.25) is 14.4 Å². The molecule has 0 aromatic heterocycles. The van der Waals surface area contributed by atoms with Gasteiger partial charge in [0, 0.05) is 17.3 Å². The SMILES string of the molecule is COc1ccc(OC)c(NC(=O)c2ccc(NC3=C(Cl)C(=O)N(c4cc(C)cc(C)c4)C3=O)cc2)c1. The van der Waals surface area contributed by atoms with E-state index in [1.165, 1.54) is 14.2 Å². The third kappa shape index (κ3) is 4.89. The molecule has 0 fully saturated rings. The maximum absolute atomic E-state index is 13.1. The molecule has 0 radical (unpaired) electrons. The minimum Gasteiger partial charge on any atom is -0.497 e. The fourth-order valence-corrected chi connectivity index (χ4v) is 4.09. The molecular formula is C27H24ClN3O5. The van der Waals surface area contributed by atoms with Gasteiger partial charge in [0.2, 0.25) is 0 Å². The maximum Gasteiger partial charge on any atom is 0.283 e. The molecule has 0 saturated heterocycles. The molecule has 9 heteroatoms. The summed E-state index contributed by atoms with van der Waals surface area (Å²) in [4.78, 5) is 39.6. The highest BCUT2D eigenvalue weighted by atomic mass is 35.5. The first-order valence-corrected chi connectivity index (χ1v) is 11.4. The second-order valence-electron chi connectivity index (χ2n) is 8.20. The zero-order valence-electron chi connectivity index (χ0n) is 20.1. The molecule has 0 saturated carbocycles. The van der Waals surface area contributed by atoms with Crippen molar-refractivity contribution in [2.45, 2.75) is 13.8 Å². The standard InChI is InChI=1S/C27H24ClN3O5/c1-15-11-16(2)13-19(12-15)31-26(33)23(28)24(27(31)34)29-18-7-5-17(6-8-18)25(32)30-21-14-20(35-3)9-10-22(21)36-4/h5-14,29H,1-4H3,(H,30,32). The molecule has 1 heterocycles. The van der Waals surface area contributed by atoms with E-state index in [-0.39, 0.29) is 16.6 Å². The topological polar surface area (TPSA) is 97.0 Å². The van der Waals surface area contributed by atoms with Gasteiger partial charge in [-0.15, -0.1) is 0 Å². The fourth-order valence-electron chi connectivity index (χ4n) is 3.88. The predicted molar refractivity (Wildman–Crippen MR) is 139 cm³/mol. The van der Waals surface area contributed by atoms with E-state index in [2.05, 4.69) is 10.6 Å². The number of ether oxygens (including phenoxy) is 2. The highest BCUT2D eigenvalue weighted by molar-refractivity contribution is 6.53. The number of methoxy groups -OCH3 is 2. The number of hydrogen-bond donors (Lipinski definition) is 2. The number of hydrogen-bond acceptors (Lipinski definition) is 6. The van der Waals surface area contributed by atoms with Crippen LogP contribution in [0.1, 0.15) is 21.5 Å². The number of carbonyl (C=O) groups excluding carboxylic acids is 3. The summed E-state index contributed by atoms with van der Waals surface area (Å²) in [7, 11) is 3.04. The van der Waals surface area contributed by atoms with Crippen molar-refractivity contribution in [1.29, 1.82) is 0 Å². The van der Waals surface area contributed by atoms with Gasteiger partial charge in [0.25, 0.3) is 17.7 Å². The lowest BCUT2D eigenvalue weighted by Crippen LogP contribution is -2.32. The molecule has 0 unspecified atom stereocenters. The van der Waals surface area contributed by atoms with Crippen LogP contribution in [-0.4, -0.2) is 31.9 Å². The normalized spacial score (nSPS) is 13.2. The van der Waals surface area contributed by atoms with Crippen molar-refractivity contribution in [3.05, 3.63) is 88.1 Å². The van der Waals surface area contributed by atoms with E-state index in [0.29, 0.717) is 34.1 Å². The molecule has 3 aromatic carbocycles. The van der Waals surface area contributed by atoms with Gasteiger partial charge in [-0.1, -0.05) is 17.7 Å². The first-order chi connectivity index (χ1) is 17.2. The Kier molecular flexibility index (Phi) is 6.98. The second-order valence-corrected chi connectivity index (χ2v) is 8.58. The van der Waals surface area contributed by atoms with Crippen LogP contribution in [0.3, 0.4) is 0 Å². The zero-order valence-corrected chi connectivity index (χ0v) is 20.9. The van der Waals surface area contributed by atoms with Crippen LogP contribution in [0.4, 0.5) is 17.1 Å². The molecule has 0 bridgehead atoms. The Bertz CT molecular complexity index is 1380. The first kappa shape index (κ1) is 24.8. The lowest BCUT2D eigenvalue weighted by Gasteiger charge is -2.16. The molecule has 36 heavy (non-hydrogen) atoms. The Morgan fingerprint density at radius 2 is 1.53 bits per heavy atom. The van der Waals surface area contributed by atoms with Crippen molar-refractivity contribution >= 4 is 46.4 Å². The molecule has 0 aliphatic carbocycles. The molecule has 0 atom stereocenters. The van der Waals surface area contributed by atoms with Crippen molar-refractivity contribution in [3.8, 4) is 11.5 Å². The quantitative estimate of drug-likeness (QED) is 0.438. The number of anilines is 3. The molecular weight excluding hydrogens is 482 g/mol. The van der Waals surface area contributed by atoms with Crippen molar-refractivity contribution in [3.63, 3.8) is 0 Å². The summed E-state index contributed by atoms with van der Waals surface area (Å²) in [5.74, 6) is -0.457. The summed E-state index contributed by atoms with van der Waals surface area (Å²) in [5.41, 5.74) is 3.59. The number of amides is 3. The molecule has 1 aliphatic heterocycles. The summed E-state index contributed by atoms with van der Waals surface area (Å²) in [6, 6.07) is 16.9. The van der Waals surface area contributed by atoms with Gasteiger partial charge in [-0.05, 0) is 73.5 Å². The van der Waals surface area contributed by atoms with E-state index >= 15 is 0 Å². The number of nitrogens with one attached hydrogen (secondary N) is 2. The van der Waals surface area contributed by atoms with E-state index < -0.39 is 11.8 Å². The number of nitrogens with zero attached hydrogens (tertiary/aromatic N) is 1. The Labute approximate surface area is 213 Å². The Hall–Kier alpha value is -4.30. The van der Waals surface area contributed by atoms with Crippen LogP contribution >= 0.6 is 11.6 Å². The summed E-state index contributed by atoms with van der Waals surface area (Å²) < 4.78 is 10.5. The Balaban J connectivity index is 1.50. The van der Waals surface area contributed by atoms with Crippen LogP contribution in [-0.2, 0) is 9.59 Å². The van der Waals surface area contributed by atoms with E-state index in [0.717, 1.165) is 16.0 Å². The van der Waals surface area contributed by atoms with Crippen molar-refractivity contribution in [2.24, 2.45) is 0 Å². The molecule has 3 aromatic rings. The highest BCUT2D eigenvalue weighted by Gasteiger charge is 2.39. The van der Waals surface area contributed by atoms with Gasteiger partial charge < -0.3 is 20.1 Å². The Morgan fingerprint density at radius 3 is 2.14 bits per heavy atom. The number of rotatable bonds is 7. The number of aryl methyl sites for hydroxylation is 2. The van der Waals surface area contributed by atoms with Crippen molar-refractivity contribution in [1.82, 2.24) is 0 Å². The Morgan fingerprint density at radius 1 is 0.861 bits per heavy atom. The summed E-state index contributed by atoms with van der Waals surface area (Å²) in [5, 5.41) is 5.51. The van der Waals surface area contributed by atoms with Gasteiger partial charge in [0.05, 0.1) is 25.6 Å². The van der Waals surface area contributed by atoms with Crippen LogP contribution in [0, 0.1) is 13.8 Å². The number of benzene rings is 3. The molecule has 1 aliphatic rings. The maximum atomic E-state index is 13.1. The lowest BCUT2D eigenvalue weighted by molar-refractivity contribution is -0.120. The van der Waals surface area contributed by atoms with Gasteiger partial charge in [-0.2, -0.15) is 0 Å². The third-order valence-corrected chi connectivity index (χ3v) is 5.91. The van der Waals surface area contributed by atoms with Gasteiger partial charge in [0.15, 0.2) is 0 Å². The number of imide groups is 1. The lowest BCUT2D eigenvalue weighted by atomic mass is 10.1. The van der Waals surface area contributed by atoms with E-state index in [1.54, 1.807) is 54.6 Å². The third-order valence-electron chi connectivity index (χ3n) is 5.56. The van der Waals surface area contributed by atoms with Crippen LogP contribution in [0.5, 0.6) is 11.5 Å².